The van der Waals surface area contributed by atoms with Crippen LogP contribution in [-0.4, -0.2) is 12.0 Å². The number of rotatable bonds is 5. The van der Waals surface area contributed by atoms with Gasteiger partial charge in [0.25, 0.3) is 5.69 Å². The smallest absolute Gasteiger partial charge is 0.295 e. The summed E-state index contributed by atoms with van der Waals surface area (Å²) in [6.45, 7) is 0.116. The van der Waals surface area contributed by atoms with Crippen LogP contribution in [0, 0.1) is 21.7 Å². The van der Waals surface area contributed by atoms with Gasteiger partial charge in [-0.25, -0.2) is 8.78 Å². The molecule has 0 fully saturated rings. The largest absolute Gasteiger partial charge is 0.497 e. The number of nitro groups is 1. The summed E-state index contributed by atoms with van der Waals surface area (Å²) in [5.41, 5.74) is -0.230. The fraction of sp³-hybridized carbons (Fsp3) is 0.143. The number of nitro benzene ring substituents is 1. The molecule has 0 spiro atoms. The molecule has 0 atom stereocenters. The molecule has 0 aliphatic rings. The van der Waals surface area contributed by atoms with E-state index in [1.54, 1.807) is 24.3 Å². The van der Waals surface area contributed by atoms with E-state index in [1.165, 1.54) is 7.11 Å². The van der Waals surface area contributed by atoms with Gasteiger partial charge in [-0.3, -0.25) is 10.1 Å². The highest BCUT2D eigenvalue weighted by Crippen LogP contribution is 2.29. The van der Waals surface area contributed by atoms with Crippen LogP contribution in [0.5, 0.6) is 5.75 Å². The van der Waals surface area contributed by atoms with Gasteiger partial charge in [0.05, 0.1) is 12.0 Å². The Balaban J connectivity index is 2.22. The number of benzene rings is 2. The summed E-state index contributed by atoms with van der Waals surface area (Å²) in [5, 5.41) is 13.4. The van der Waals surface area contributed by atoms with Gasteiger partial charge in [0.2, 0.25) is 0 Å². The molecule has 0 aliphatic carbocycles. The van der Waals surface area contributed by atoms with Gasteiger partial charge < -0.3 is 10.1 Å². The molecule has 2 aromatic rings. The summed E-state index contributed by atoms with van der Waals surface area (Å²) in [7, 11) is 1.53. The van der Waals surface area contributed by atoms with Crippen molar-refractivity contribution in [2.75, 3.05) is 12.4 Å². The molecular weight excluding hydrogens is 282 g/mol. The molecule has 0 bridgehead atoms. The Hall–Kier alpha value is -2.70. The summed E-state index contributed by atoms with van der Waals surface area (Å²) in [6.07, 6.45) is 0. The van der Waals surface area contributed by atoms with Crippen molar-refractivity contribution in [2.45, 2.75) is 6.54 Å². The fourth-order valence-corrected chi connectivity index (χ4v) is 1.79. The van der Waals surface area contributed by atoms with Crippen LogP contribution in [0.1, 0.15) is 5.56 Å². The molecule has 21 heavy (non-hydrogen) atoms. The second-order valence-corrected chi connectivity index (χ2v) is 4.21. The van der Waals surface area contributed by atoms with Gasteiger partial charge in [0, 0.05) is 12.6 Å². The Bertz CT molecular complexity index is 660. The van der Waals surface area contributed by atoms with E-state index in [-0.39, 0.29) is 6.54 Å². The van der Waals surface area contributed by atoms with Crippen LogP contribution < -0.4 is 10.1 Å². The minimum Gasteiger partial charge on any atom is -0.497 e. The molecule has 0 aliphatic heterocycles. The second kappa shape index (κ2) is 6.17. The Kier molecular flexibility index (Phi) is 4.32. The normalized spacial score (nSPS) is 10.2. The minimum atomic E-state index is -1.27. The summed E-state index contributed by atoms with van der Waals surface area (Å²) >= 11 is 0. The minimum absolute atomic E-state index is 0.116. The molecule has 1 N–H and O–H groups in total. The molecular formula is C14H12F2N2O3. The maximum absolute atomic E-state index is 13.7. The molecule has 0 unspecified atom stereocenters. The zero-order valence-corrected chi connectivity index (χ0v) is 11.1. The van der Waals surface area contributed by atoms with Crippen molar-refractivity contribution in [3.8, 4) is 5.75 Å². The average Bonchev–Trinajstić information content (AvgIpc) is 2.49. The summed E-state index contributed by atoms with van der Waals surface area (Å²) in [6, 6.07) is 8.49. The molecule has 0 radical (unpaired) electrons. The molecule has 0 saturated carbocycles. The van der Waals surface area contributed by atoms with Crippen LogP contribution >= 0.6 is 0 Å². The van der Waals surface area contributed by atoms with Crippen LogP contribution in [0.25, 0.3) is 0 Å². The zero-order chi connectivity index (χ0) is 15.4. The van der Waals surface area contributed by atoms with E-state index in [1.807, 2.05) is 0 Å². The zero-order valence-electron chi connectivity index (χ0n) is 11.1. The number of ether oxygens (including phenoxy) is 1. The molecule has 2 rings (SSSR count). The lowest BCUT2D eigenvalue weighted by atomic mass is 10.2. The Morgan fingerprint density at radius 2 is 1.86 bits per heavy atom. The van der Waals surface area contributed by atoms with Gasteiger partial charge in [0.15, 0.2) is 17.3 Å². The van der Waals surface area contributed by atoms with E-state index in [2.05, 4.69) is 5.32 Å². The van der Waals surface area contributed by atoms with E-state index in [0.29, 0.717) is 5.75 Å². The van der Waals surface area contributed by atoms with Crippen molar-refractivity contribution in [3.63, 3.8) is 0 Å². The lowest BCUT2D eigenvalue weighted by molar-refractivity contribution is -0.384. The Labute approximate surface area is 119 Å². The number of anilines is 1. The van der Waals surface area contributed by atoms with Crippen LogP contribution in [0.15, 0.2) is 36.4 Å². The standard InChI is InChI=1S/C14H12F2N2O3/c1-21-10-4-2-9(3-5-10)8-17-14-12(18(19)20)7-6-11(15)13(14)16/h2-7,17H,8H2,1H3. The van der Waals surface area contributed by atoms with Crippen LogP contribution in [0.4, 0.5) is 20.2 Å². The molecule has 110 valence electrons. The molecule has 0 amide bonds. The predicted octanol–water partition coefficient (Wildman–Crippen LogP) is 3.49. The second-order valence-electron chi connectivity index (χ2n) is 4.21. The van der Waals surface area contributed by atoms with Crippen molar-refractivity contribution < 1.29 is 18.4 Å². The molecule has 0 heterocycles. The quantitative estimate of drug-likeness (QED) is 0.677. The van der Waals surface area contributed by atoms with Crippen LogP contribution in [0.2, 0.25) is 0 Å². The summed E-state index contributed by atoms with van der Waals surface area (Å²) < 4.78 is 31.9. The van der Waals surface area contributed by atoms with Crippen molar-refractivity contribution in [1.29, 1.82) is 0 Å². The number of methoxy groups -OCH3 is 1. The highest BCUT2D eigenvalue weighted by molar-refractivity contribution is 5.62. The third-order valence-electron chi connectivity index (χ3n) is 2.90. The summed E-state index contributed by atoms with van der Waals surface area (Å²) in [5.74, 6) is -1.75. The summed E-state index contributed by atoms with van der Waals surface area (Å²) in [4.78, 5) is 10.1. The highest BCUT2D eigenvalue weighted by atomic mass is 19.2. The van der Waals surface area contributed by atoms with Gasteiger partial charge in [-0.15, -0.1) is 0 Å². The number of hydrogen-bond acceptors (Lipinski definition) is 4. The van der Waals surface area contributed by atoms with Crippen molar-refractivity contribution in [2.24, 2.45) is 0 Å². The van der Waals surface area contributed by atoms with Crippen molar-refractivity contribution in [1.82, 2.24) is 0 Å². The fourth-order valence-electron chi connectivity index (χ4n) is 1.79. The number of halogens is 2. The Morgan fingerprint density at radius 1 is 1.19 bits per heavy atom. The van der Waals surface area contributed by atoms with E-state index in [9.17, 15) is 18.9 Å². The van der Waals surface area contributed by atoms with Crippen LogP contribution in [-0.2, 0) is 6.54 Å². The van der Waals surface area contributed by atoms with E-state index in [4.69, 9.17) is 4.74 Å². The molecule has 7 heteroatoms. The van der Waals surface area contributed by atoms with Gasteiger partial charge in [-0.2, -0.15) is 0 Å². The highest BCUT2D eigenvalue weighted by Gasteiger charge is 2.21. The topological polar surface area (TPSA) is 64.4 Å². The third-order valence-corrected chi connectivity index (χ3v) is 2.90. The van der Waals surface area contributed by atoms with E-state index < -0.39 is 27.9 Å². The SMILES string of the molecule is COc1ccc(CNc2c([N+](=O)[O-])ccc(F)c2F)cc1. The van der Waals surface area contributed by atoms with E-state index >= 15 is 0 Å². The van der Waals surface area contributed by atoms with Crippen LogP contribution in [0.3, 0.4) is 0 Å². The van der Waals surface area contributed by atoms with Crippen molar-refractivity contribution in [3.05, 3.63) is 63.7 Å². The lowest BCUT2D eigenvalue weighted by Crippen LogP contribution is -2.06. The average molecular weight is 294 g/mol. The van der Waals surface area contributed by atoms with Crippen molar-refractivity contribution >= 4 is 11.4 Å². The van der Waals surface area contributed by atoms with E-state index in [0.717, 1.165) is 17.7 Å². The molecule has 0 aromatic heterocycles. The monoisotopic (exact) mass is 294 g/mol. The maximum Gasteiger partial charge on any atom is 0.295 e. The third kappa shape index (κ3) is 3.25. The van der Waals surface area contributed by atoms with Gasteiger partial charge in [0.1, 0.15) is 5.75 Å². The molecule has 0 saturated heterocycles. The Morgan fingerprint density at radius 3 is 2.43 bits per heavy atom. The predicted molar refractivity (Wildman–Crippen MR) is 73.3 cm³/mol. The van der Waals surface area contributed by atoms with Gasteiger partial charge in [-0.1, -0.05) is 12.1 Å². The number of nitrogens with one attached hydrogen (secondary N) is 1. The van der Waals surface area contributed by atoms with Gasteiger partial charge >= 0.3 is 0 Å². The first-order valence-corrected chi connectivity index (χ1v) is 6.02. The first-order valence-electron chi connectivity index (χ1n) is 6.02. The number of hydrogen-bond donors (Lipinski definition) is 1. The maximum atomic E-state index is 13.7. The first-order chi connectivity index (χ1) is 10.0. The lowest BCUT2D eigenvalue weighted by Gasteiger charge is -2.09. The van der Waals surface area contributed by atoms with Gasteiger partial charge in [-0.05, 0) is 23.8 Å². The first kappa shape index (κ1) is 14.7. The number of nitrogens with zero attached hydrogens (tertiary/aromatic N) is 1. The molecule has 5 nitrogen and oxygen atoms in total. The molecule has 2 aromatic carbocycles.